The maximum absolute atomic E-state index is 5.64. The van der Waals surface area contributed by atoms with Gasteiger partial charge in [-0.25, -0.2) is 0 Å². The Balaban J connectivity index is 1.84. The van der Waals surface area contributed by atoms with Crippen LogP contribution < -0.4 is 5.32 Å². The number of nitrogens with zero attached hydrogens (tertiary/aromatic N) is 1. The lowest BCUT2D eigenvalue weighted by Gasteiger charge is -2.34. The van der Waals surface area contributed by atoms with Crippen molar-refractivity contribution in [3.05, 3.63) is 48.0 Å². The predicted octanol–water partition coefficient (Wildman–Crippen LogP) is 2.82. The Morgan fingerprint density at radius 3 is 2.86 bits per heavy atom. The van der Waals surface area contributed by atoms with E-state index in [0.29, 0.717) is 12.1 Å². The van der Waals surface area contributed by atoms with Crippen LogP contribution in [0, 0.1) is 0 Å². The Morgan fingerprint density at radius 2 is 2.05 bits per heavy atom. The van der Waals surface area contributed by atoms with Crippen molar-refractivity contribution >= 4 is 10.8 Å². The molecule has 1 N–H and O–H groups in total. The number of nitrogens with one attached hydrogen (secondary N) is 1. The first kappa shape index (κ1) is 14.5. The first-order valence-electron chi connectivity index (χ1n) is 7.77. The number of hydrogen-bond acceptors (Lipinski definition) is 3. The van der Waals surface area contributed by atoms with Gasteiger partial charge in [-0.05, 0) is 30.3 Å². The third-order valence-electron chi connectivity index (χ3n) is 4.31. The molecule has 0 amide bonds. The second-order valence-electron chi connectivity index (χ2n) is 5.85. The molecule has 2 aromatic rings. The van der Waals surface area contributed by atoms with E-state index < -0.39 is 0 Å². The lowest BCUT2D eigenvalue weighted by atomic mass is 9.98. The van der Waals surface area contributed by atoms with E-state index >= 15 is 0 Å². The second-order valence-corrected chi connectivity index (χ2v) is 5.85. The summed E-state index contributed by atoms with van der Waals surface area (Å²) in [4.78, 5) is 2.50. The molecule has 3 heteroatoms. The first-order valence-corrected chi connectivity index (χ1v) is 7.77. The lowest BCUT2D eigenvalue weighted by Crippen LogP contribution is -2.44. The number of hydrogen-bond donors (Lipinski definition) is 1. The summed E-state index contributed by atoms with van der Waals surface area (Å²) in [6.07, 6.45) is 0.337. The molecule has 1 saturated heterocycles. The van der Waals surface area contributed by atoms with Gasteiger partial charge in [0.05, 0.1) is 12.7 Å². The van der Waals surface area contributed by atoms with Gasteiger partial charge in [-0.1, -0.05) is 42.5 Å². The quantitative estimate of drug-likeness (QED) is 0.934. The SMILES string of the molecule is CNC(CN1CCOC(C)C1)c1cccc2ccccc12. The van der Waals surface area contributed by atoms with Crippen LogP contribution in [0.15, 0.2) is 42.5 Å². The molecule has 0 radical (unpaired) electrons. The zero-order chi connectivity index (χ0) is 14.7. The Kier molecular flexibility index (Phi) is 4.54. The van der Waals surface area contributed by atoms with Crippen molar-refractivity contribution in [3.8, 4) is 0 Å². The van der Waals surface area contributed by atoms with Gasteiger partial charge >= 0.3 is 0 Å². The molecule has 1 fully saturated rings. The van der Waals surface area contributed by atoms with Crippen molar-refractivity contribution in [2.75, 3.05) is 33.3 Å². The standard InChI is InChI=1S/C18H24N2O/c1-14-12-20(10-11-21-14)13-18(19-2)17-9-5-7-15-6-3-4-8-16(15)17/h3-9,14,18-19H,10-13H2,1-2H3. The zero-order valence-corrected chi connectivity index (χ0v) is 12.9. The summed E-state index contributed by atoms with van der Waals surface area (Å²) in [5.41, 5.74) is 1.38. The van der Waals surface area contributed by atoms with Gasteiger partial charge in [0.2, 0.25) is 0 Å². The van der Waals surface area contributed by atoms with E-state index in [1.807, 2.05) is 0 Å². The average Bonchev–Trinajstić information content (AvgIpc) is 2.52. The first-order chi connectivity index (χ1) is 10.3. The van der Waals surface area contributed by atoms with Gasteiger partial charge in [-0.2, -0.15) is 0 Å². The highest BCUT2D eigenvalue weighted by molar-refractivity contribution is 5.86. The highest BCUT2D eigenvalue weighted by Gasteiger charge is 2.21. The Morgan fingerprint density at radius 1 is 1.24 bits per heavy atom. The molecule has 3 rings (SSSR count). The highest BCUT2D eigenvalue weighted by Crippen LogP contribution is 2.25. The monoisotopic (exact) mass is 284 g/mol. The molecule has 2 unspecified atom stereocenters. The van der Waals surface area contributed by atoms with E-state index in [9.17, 15) is 0 Å². The molecule has 0 spiro atoms. The summed E-state index contributed by atoms with van der Waals surface area (Å²) in [6, 6.07) is 15.6. The van der Waals surface area contributed by atoms with Crippen LogP contribution in [-0.2, 0) is 4.74 Å². The third-order valence-corrected chi connectivity index (χ3v) is 4.31. The maximum atomic E-state index is 5.64. The molecule has 0 saturated carbocycles. The van der Waals surface area contributed by atoms with Gasteiger partial charge in [-0.15, -0.1) is 0 Å². The summed E-state index contributed by atoms with van der Waals surface area (Å²) < 4.78 is 5.64. The molecule has 1 heterocycles. The van der Waals surface area contributed by atoms with Crippen LogP contribution in [0.25, 0.3) is 10.8 Å². The van der Waals surface area contributed by atoms with E-state index in [-0.39, 0.29) is 0 Å². The minimum Gasteiger partial charge on any atom is -0.376 e. The molecule has 0 aliphatic carbocycles. The van der Waals surface area contributed by atoms with Gasteiger partial charge in [-0.3, -0.25) is 4.90 Å². The smallest absolute Gasteiger partial charge is 0.0674 e. The van der Waals surface area contributed by atoms with Crippen LogP contribution in [0.3, 0.4) is 0 Å². The van der Waals surface area contributed by atoms with Gasteiger partial charge in [0.25, 0.3) is 0 Å². The molecule has 112 valence electrons. The molecule has 2 atom stereocenters. The van der Waals surface area contributed by atoms with Gasteiger partial charge in [0, 0.05) is 25.7 Å². The Bertz CT molecular complexity index is 593. The molecular weight excluding hydrogens is 260 g/mol. The van der Waals surface area contributed by atoms with Crippen LogP contribution in [0.2, 0.25) is 0 Å². The molecule has 21 heavy (non-hydrogen) atoms. The minimum absolute atomic E-state index is 0.337. The molecule has 1 aliphatic rings. The molecule has 0 bridgehead atoms. The van der Waals surface area contributed by atoms with Crippen LogP contribution in [0.5, 0.6) is 0 Å². The highest BCUT2D eigenvalue weighted by atomic mass is 16.5. The fourth-order valence-electron chi connectivity index (χ4n) is 3.21. The van der Waals surface area contributed by atoms with Crippen molar-refractivity contribution < 1.29 is 4.74 Å². The molecule has 0 aromatic heterocycles. The summed E-state index contributed by atoms with van der Waals surface area (Å²) in [5.74, 6) is 0. The van der Waals surface area contributed by atoms with Crippen LogP contribution in [0.4, 0.5) is 0 Å². The molecule has 3 nitrogen and oxygen atoms in total. The van der Waals surface area contributed by atoms with Crippen molar-refractivity contribution in [2.45, 2.75) is 19.1 Å². The molecule has 2 aromatic carbocycles. The van der Waals surface area contributed by atoms with Crippen LogP contribution in [0.1, 0.15) is 18.5 Å². The fraction of sp³-hybridized carbons (Fsp3) is 0.444. The lowest BCUT2D eigenvalue weighted by molar-refractivity contribution is -0.0208. The van der Waals surface area contributed by atoms with E-state index in [1.165, 1.54) is 16.3 Å². The third kappa shape index (κ3) is 3.26. The van der Waals surface area contributed by atoms with Crippen molar-refractivity contribution in [3.63, 3.8) is 0 Å². The number of morpholine rings is 1. The van der Waals surface area contributed by atoms with Crippen LogP contribution >= 0.6 is 0 Å². The van der Waals surface area contributed by atoms with E-state index in [4.69, 9.17) is 4.74 Å². The molecular formula is C18H24N2O. The van der Waals surface area contributed by atoms with E-state index in [1.54, 1.807) is 0 Å². The average molecular weight is 284 g/mol. The summed E-state index contributed by atoms with van der Waals surface area (Å²) in [6.45, 7) is 6.06. The normalized spacial score (nSPS) is 21.5. The van der Waals surface area contributed by atoms with Crippen molar-refractivity contribution in [1.29, 1.82) is 0 Å². The van der Waals surface area contributed by atoms with Gasteiger partial charge in [0.15, 0.2) is 0 Å². The van der Waals surface area contributed by atoms with Crippen molar-refractivity contribution in [1.82, 2.24) is 10.2 Å². The number of fused-ring (bicyclic) bond motifs is 1. The predicted molar refractivity (Wildman–Crippen MR) is 87.6 cm³/mol. The number of benzene rings is 2. The summed E-state index contributed by atoms with van der Waals surface area (Å²) >= 11 is 0. The topological polar surface area (TPSA) is 24.5 Å². The van der Waals surface area contributed by atoms with Gasteiger partial charge < -0.3 is 10.1 Å². The van der Waals surface area contributed by atoms with E-state index in [2.05, 4.69) is 66.7 Å². The second kappa shape index (κ2) is 6.56. The van der Waals surface area contributed by atoms with Crippen molar-refractivity contribution in [2.24, 2.45) is 0 Å². The maximum Gasteiger partial charge on any atom is 0.0674 e. The van der Waals surface area contributed by atoms with Crippen LogP contribution in [-0.4, -0.2) is 44.3 Å². The zero-order valence-electron chi connectivity index (χ0n) is 12.9. The van der Waals surface area contributed by atoms with Gasteiger partial charge in [0.1, 0.15) is 0 Å². The summed E-state index contributed by atoms with van der Waals surface area (Å²) in [7, 11) is 2.05. The largest absolute Gasteiger partial charge is 0.376 e. The number of likely N-dealkylation sites (N-methyl/N-ethyl adjacent to an activating group) is 1. The Hall–Kier alpha value is -1.42. The Labute approximate surface area is 126 Å². The van der Waals surface area contributed by atoms with E-state index in [0.717, 1.165) is 26.2 Å². The molecule has 1 aliphatic heterocycles. The number of ether oxygens (including phenoxy) is 1. The minimum atomic E-state index is 0.337. The number of rotatable bonds is 4. The summed E-state index contributed by atoms with van der Waals surface area (Å²) in [5, 5.41) is 6.15. The fourth-order valence-corrected chi connectivity index (χ4v) is 3.21.